The summed E-state index contributed by atoms with van der Waals surface area (Å²) in [5.74, 6) is -1.62. The molecule has 1 atom stereocenters. The van der Waals surface area contributed by atoms with Crippen molar-refractivity contribution in [1.82, 2.24) is 0 Å². The highest BCUT2D eigenvalue weighted by molar-refractivity contribution is 6.31. The molecule has 18 heavy (non-hydrogen) atoms. The Morgan fingerprint density at radius 2 is 2.17 bits per heavy atom. The number of carboxylic acid groups (broad SMARTS) is 1. The van der Waals surface area contributed by atoms with Crippen molar-refractivity contribution in [3.63, 3.8) is 0 Å². The highest BCUT2D eigenvalue weighted by Gasteiger charge is 2.23. The standard InChI is InChI=1S/C11H13ClFNO4/c1-17-8-4-6(13)9(12)5(10(8)18-2)3-7(14)11(15)16/h4,7H,3,14H2,1-2H3,(H,15,16). The van der Waals surface area contributed by atoms with Gasteiger partial charge in [-0.2, -0.15) is 0 Å². The largest absolute Gasteiger partial charge is 0.493 e. The third kappa shape index (κ3) is 2.83. The molecule has 3 N–H and O–H groups in total. The van der Waals surface area contributed by atoms with Gasteiger partial charge in [0.05, 0.1) is 19.2 Å². The molecule has 0 bridgehead atoms. The van der Waals surface area contributed by atoms with Crippen LogP contribution in [0.1, 0.15) is 5.56 Å². The van der Waals surface area contributed by atoms with E-state index in [1.165, 1.54) is 14.2 Å². The van der Waals surface area contributed by atoms with Crippen LogP contribution in [0, 0.1) is 5.82 Å². The second-order valence-electron chi connectivity index (χ2n) is 3.54. The van der Waals surface area contributed by atoms with Crippen LogP contribution in [0.2, 0.25) is 5.02 Å². The van der Waals surface area contributed by atoms with Crippen LogP contribution in [-0.2, 0) is 11.2 Å². The van der Waals surface area contributed by atoms with Crippen LogP contribution in [0.25, 0.3) is 0 Å². The van der Waals surface area contributed by atoms with E-state index in [2.05, 4.69) is 0 Å². The molecule has 0 aliphatic rings. The van der Waals surface area contributed by atoms with E-state index in [9.17, 15) is 9.18 Å². The molecule has 0 heterocycles. The summed E-state index contributed by atoms with van der Waals surface area (Å²) in [7, 11) is 2.69. The topological polar surface area (TPSA) is 81.8 Å². The Labute approximate surface area is 108 Å². The van der Waals surface area contributed by atoms with E-state index in [1.807, 2.05) is 0 Å². The van der Waals surface area contributed by atoms with Crippen molar-refractivity contribution in [2.24, 2.45) is 5.73 Å². The van der Waals surface area contributed by atoms with Gasteiger partial charge in [-0.1, -0.05) is 11.6 Å². The minimum atomic E-state index is -1.21. The molecule has 0 saturated carbocycles. The summed E-state index contributed by atoms with van der Waals surface area (Å²) in [5.41, 5.74) is 5.58. The Balaban J connectivity index is 3.30. The molecule has 7 heteroatoms. The first-order chi connectivity index (χ1) is 8.42. The van der Waals surface area contributed by atoms with Crippen LogP contribution >= 0.6 is 11.6 Å². The van der Waals surface area contributed by atoms with E-state index >= 15 is 0 Å². The van der Waals surface area contributed by atoms with Gasteiger partial charge in [-0.3, -0.25) is 4.79 Å². The zero-order valence-corrected chi connectivity index (χ0v) is 10.6. The summed E-state index contributed by atoms with van der Waals surface area (Å²) in [5, 5.41) is 8.54. The van der Waals surface area contributed by atoms with Crippen LogP contribution in [-0.4, -0.2) is 31.3 Å². The number of carboxylic acids is 1. The molecule has 0 amide bonds. The van der Waals surface area contributed by atoms with Crippen molar-refractivity contribution in [2.75, 3.05) is 14.2 Å². The molecule has 1 unspecified atom stereocenters. The van der Waals surface area contributed by atoms with E-state index in [-0.39, 0.29) is 28.5 Å². The number of nitrogens with two attached hydrogens (primary N) is 1. The second kappa shape index (κ2) is 5.88. The zero-order valence-electron chi connectivity index (χ0n) is 9.87. The number of carbonyl (C=O) groups is 1. The maximum atomic E-state index is 13.5. The van der Waals surface area contributed by atoms with E-state index in [0.29, 0.717) is 0 Å². The molecule has 1 aromatic rings. The molecule has 0 saturated heterocycles. The van der Waals surface area contributed by atoms with Gasteiger partial charge in [0, 0.05) is 18.1 Å². The SMILES string of the molecule is COc1cc(F)c(Cl)c(CC(N)C(=O)O)c1OC. The molecule has 0 aromatic heterocycles. The predicted octanol–water partition coefficient (Wildman–Crippen LogP) is 1.45. The van der Waals surface area contributed by atoms with Crippen LogP contribution in [0.4, 0.5) is 4.39 Å². The lowest BCUT2D eigenvalue weighted by molar-refractivity contribution is -0.138. The summed E-state index contributed by atoms with van der Waals surface area (Å²) >= 11 is 5.80. The zero-order chi connectivity index (χ0) is 13.9. The molecule has 1 aromatic carbocycles. The lowest BCUT2D eigenvalue weighted by Gasteiger charge is -2.16. The van der Waals surface area contributed by atoms with Gasteiger partial charge in [0.2, 0.25) is 0 Å². The monoisotopic (exact) mass is 277 g/mol. The van der Waals surface area contributed by atoms with Gasteiger partial charge < -0.3 is 20.3 Å². The molecule has 0 aliphatic heterocycles. The van der Waals surface area contributed by atoms with Crippen molar-refractivity contribution in [3.05, 3.63) is 22.5 Å². The van der Waals surface area contributed by atoms with Crippen LogP contribution in [0.3, 0.4) is 0 Å². The van der Waals surface area contributed by atoms with Crippen molar-refractivity contribution in [3.8, 4) is 11.5 Å². The Morgan fingerprint density at radius 3 is 2.61 bits per heavy atom. The quantitative estimate of drug-likeness (QED) is 0.851. The van der Waals surface area contributed by atoms with Gasteiger partial charge in [-0.05, 0) is 0 Å². The molecular formula is C11H13ClFNO4. The summed E-state index contributed by atoms with van der Waals surface area (Å²) in [6.45, 7) is 0. The van der Waals surface area contributed by atoms with Gasteiger partial charge in [0.25, 0.3) is 0 Å². The molecule has 1 rings (SSSR count). The number of hydrogen-bond acceptors (Lipinski definition) is 4. The Kier molecular flexibility index (Phi) is 4.75. The average Bonchev–Trinajstić information content (AvgIpc) is 2.34. The average molecular weight is 278 g/mol. The van der Waals surface area contributed by atoms with Gasteiger partial charge in [0.1, 0.15) is 11.9 Å². The highest BCUT2D eigenvalue weighted by atomic mass is 35.5. The summed E-state index contributed by atoms with van der Waals surface area (Å²) < 4.78 is 23.5. The summed E-state index contributed by atoms with van der Waals surface area (Å²) in [4.78, 5) is 10.7. The van der Waals surface area contributed by atoms with E-state index in [1.54, 1.807) is 0 Å². The minimum Gasteiger partial charge on any atom is -0.493 e. The molecule has 0 fully saturated rings. The number of rotatable bonds is 5. The molecule has 100 valence electrons. The first-order valence-electron chi connectivity index (χ1n) is 4.99. The number of halogens is 2. The molecule has 0 spiro atoms. The Morgan fingerprint density at radius 1 is 1.56 bits per heavy atom. The highest BCUT2D eigenvalue weighted by Crippen LogP contribution is 2.38. The maximum absolute atomic E-state index is 13.5. The van der Waals surface area contributed by atoms with Gasteiger partial charge in [-0.15, -0.1) is 0 Å². The van der Waals surface area contributed by atoms with Crippen LogP contribution in [0.15, 0.2) is 6.07 Å². The third-order valence-corrected chi connectivity index (χ3v) is 2.80. The molecule has 5 nitrogen and oxygen atoms in total. The second-order valence-corrected chi connectivity index (χ2v) is 3.91. The number of benzene rings is 1. The lowest BCUT2D eigenvalue weighted by atomic mass is 10.0. The molecule has 0 radical (unpaired) electrons. The van der Waals surface area contributed by atoms with Crippen LogP contribution in [0.5, 0.6) is 11.5 Å². The van der Waals surface area contributed by atoms with Gasteiger partial charge in [-0.25, -0.2) is 4.39 Å². The predicted molar refractivity (Wildman–Crippen MR) is 63.8 cm³/mol. The van der Waals surface area contributed by atoms with E-state index < -0.39 is 17.8 Å². The smallest absolute Gasteiger partial charge is 0.320 e. The summed E-state index contributed by atoms with van der Waals surface area (Å²) in [6, 6.07) is -0.139. The fourth-order valence-corrected chi connectivity index (χ4v) is 1.72. The lowest BCUT2D eigenvalue weighted by Crippen LogP contribution is -2.32. The number of hydrogen-bond donors (Lipinski definition) is 2. The molecule has 0 aliphatic carbocycles. The van der Waals surface area contributed by atoms with Crippen molar-refractivity contribution in [1.29, 1.82) is 0 Å². The van der Waals surface area contributed by atoms with Gasteiger partial charge in [0.15, 0.2) is 11.5 Å². The number of aliphatic carboxylic acids is 1. The van der Waals surface area contributed by atoms with Crippen molar-refractivity contribution < 1.29 is 23.8 Å². The fourth-order valence-electron chi connectivity index (χ4n) is 1.50. The molecular weight excluding hydrogens is 265 g/mol. The first-order valence-corrected chi connectivity index (χ1v) is 5.37. The van der Waals surface area contributed by atoms with E-state index in [4.69, 9.17) is 31.9 Å². The first kappa shape index (κ1) is 14.5. The summed E-state index contributed by atoms with van der Waals surface area (Å²) in [6.07, 6.45) is -0.161. The number of ether oxygens (including phenoxy) is 2. The minimum absolute atomic E-state index is 0.131. The Bertz CT molecular complexity index is 467. The fraction of sp³-hybridized carbons (Fsp3) is 0.364. The third-order valence-electron chi connectivity index (χ3n) is 2.40. The van der Waals surface area contributed by atoms with Crippen molar-refractivity contribution in [2.45, 2.75) is 12.5 Å². The van der Waals surface area contributed by atoms with E-state index in [0.717, 1.165) is 6.07 Å². The van der Waals surface area contributed by atoms with Crippen LogP contribution < -0.4 is 15.2 Å². The van der Waals surface area contributed by atoms with Crippen molar-refractivity contribution >= 4 is 17.6 Å². The maximum Gasteiger partial charge on any atom is 0.320 e. The normalized spacial score (nSPS) is 12.1. The van der Waals surface area contributed by atoms with Gasteiger partial charge >= 0.3 is 5.97 Å². The Hall–Kier alpha value is -1.53. The number of methoxy groups -OCH3 is 2.